The molecule has 0 amide bonds. The summed E-state index contributed by atoms with van der Waals surface area (Å²) in [5.41, 5.74) is 3.72. The van der Waals surface area contributed by atoms with Gasteiger partial charge in [-0.15, -0.1) is 0 Å². The highest BCUT2D eigenvalue weighted by Gasteiger charge is 2.19. The molecule has 1 aromatic heterocycles. The predicted molar refractivity (Wildman–Crippen MR) is 104 cm³/mol. The van der Waals surface area contributed by atoms with Gasteiger partial charge < -0.3 is 0 Å². The monoisotopic (exact) mass is 337 g/mol. The average molecular weight is 338 g/mol. The zero-order chi connectivity index (χ0) is 16.6. The van der Waals surface area contributed by atoms with Crippen LogP contribution < -0.4 is 9.88 Å². The third kappa shape index (κ3) is 4.24. The van der Waals surface area contributed by atoms with Crippen molar-refractivity contribution in [2.45, 2.75) is 39.2 Å². The van der Waals surface area contributed by atoms with E-state index in [1.807, 2.05) is 6.07 Å². The van der Waals surface area contributed by atoms with Gasteiger partial charge in [-0.1, -0.05) is 79.6 Å². The topological polar surface area (TPSA) is 15.9 Å². The van der Waals surface area contributed by atoms with Gasteiger partial charge in [-0.3, -0.25) is 0 Å². The molecule has 0 saturated heterocycles. The summed E-state index contributed by atoms with van der Waals surface area (Å²) in [6.07, 6.45) is 5.10. The van der Waals surface area contributed by atoms with Crippen LogP contribution >= 0.6 is 11.3 Å². The molecule has 0 spiro atoms. The Morgan fingerprint density at radius 1 is 0.875 bits per heavy atom. The van der Waals surface area contributed by atoms with Crippen LogP contribution in [0.25, 0.3) is 11.3 Å². The molecule has 3 aromatic rings. The van der Waals surface area contributed by atoms with Crippen LogP contribution in [-0.2, 0) is 6.54 Å². The van der Waals surface area contributed by atoms with Gasteiger partial charge >= 0.3 is 5.13 Å². The lowest BCUT2D eigenvalue weighted by Gasteiger charge is -2.06. The summed E-state index contributed by atoms with van der Waals surface area (Å²) >= 11 is 1.78. The number of unbranched alkanes of at least 4 members (excludes halogenated alkanes) is 3. The van der Waals surface area contributed by atoms with Gasteiger partial charge in [0.2, 0.25) is 0 Å². The lowest BCUT2D eigenvalue weighted by atomic mass is 10.1. The lowest BCUT2D eigenvalue weighted by molar-refractivity contribution is -0.668. The molecule has 3 heteroatoms. The third-order valence-corrected chi connectivity index (χ3v) is 5.03. The molecule has 0 saturated carbocycles. The molecule has 1 N–H and O–H groups in total. The summed E-state index contributed by atoms with van der Waals surface area (Å²) in [5, 5.41) is 7.05. The standard InChI is InChI=1S/C21H24N2S/c1-2-3-4-11-16-23-20(18-12-7-5-8-13-18)17-24-21(23)22-19-14-9-6-10-15-19/h5-10,12-15,17H,2-4,11,16H2,1H3/p+1. The van der Waals surface area contributed by atoms with Crippen molar-refractivity contribution < 1.29 is 4.57 Å². The lowest BCUT2D eigenvalue weighted by Crippen LogP contribution is -2.36. The van der Waals surface area contributed by atoms with Gasteiger partial charge in [0.15, 0.2) is 0 Å². The minimum absolute atomic E-state index is 1.06. The largest absolute Gasteiger partial charge is 0.339 e. The zero-order valence-corrected chi connectivity index (χ0v) is 15.1. The molecule has 0 aliphatic carbocycles. The molecule has 0 fully saturated rings. The number of nitrogens with one attached hydrogen (secondary N) is 1. The Morgan fingerprint density at radius 3 is 2.29 bits per heavy atom. The van der Waals surface area contributed by atoms with Crippen LogP contribution in [0.4, 0.5) is 10.8 Å². The Kier molecular flexibility index (Phi) is 6.02. The summed E-state index contributed by atoms with van der Waals surface area (Å²) in [6, 6.07) is 21.1. The van der Waals surface area contributed by atoms with Crippen molar-refractivity contribution in [3.8, 4) is 11.3 Å². The fourth-order valence-corrected chi connectivity index (χ4v) is 3.82. The molecule has 2 nitrogen and oxygen atoms in total. The van der Waals surface area contributed by atoms with Crippen LogP contribution in [0, 0.1) is 0 Å². The molecule has 0 aliphatic rings. The number of anilines is 2. The first-order valence-electron chi connectivity index (χ1n) is 8.77. The number of hydrogen-bond acceptors (Lipinski definition) is 2. The van der Waals surface area contributed by atoms with Gasteiger partial charge in [-0.05, 0) is 25.0 Å². The summed E-state index contributed by atoms with van der Waals surface area (Å²) in [6.45, 7) is 3.32. The highest BCUT2D eigenvalue weighted by atomic mass is 32.1. The van der Waals surface area contributed by atoms with Gasteiger partial charge in [0.05, 0.1) is 6.54 Å². The van der Waals surface area contributed by atoms with Crippen LogP contribution in [0.1, 0.15) is 32.6 Å². The number of aromatic nitrogens is 1. The molecule has 0 radical (unpaired) electrons. The average Bonchev–Trinajstić information content (AvgIpc) is 3.03. The number of hydrogen-bond donors (Lipinski definition) is 1. The van der Waals surface area contributed by atoms with E-state index in [1.54, 1.807) is 11.3 Å². The van der Waals surface area contributed by atoms with Gasteiger partial charge in [-0.25, -0.2) is 9.88 Å². The molecule has 3 rings (SSSR count). The van der Waals surface area contributed by atoms with Crippen LogP contribution in [-0.4, -0.2) is 0 Å². The quantitative estimate of drug-likeness (QED) is 0.392. The van der Waals surface area contributed by atoms with Crippen molar-refractivity contribution in [2.75, 3.05) is 5.32 Å². The molecular formula is C21H25N2S+. The van der Waals surface area contributed by atoms with Crippen molar-refractivity contribution in [2.24, 2.45) is 0 Å². The van der Waals surface area contributed by atoms with E-state index in [0.717, 1.165) is 12.2 Å². The molecule has 2 aromatic carbocycles. The maximum atomic E-state index is 3.59. The van der Waals surface area contributed by atoms with Crippen LogP contribution in [0.2, 0.25) is 0 Å². The fraction of sp³-hybridized carbons (Fsp3) is 0.286. The van der Waals surface area contributed by atoms with E-state index in [9.17, 15) is 0 Å². The van der Waals surface area contributed by atoms with E-state index in [2.05, 4.69) is 76.8 Å². The van der Waals surface area contributed by atoms with E-state index in [0.29, 0.717) is 0 Å². The SMILES string of the molecule is CCCCCC[n+]1c(-c2ccccc2)csc1Nc1ccccc1. The van der Waals surface area contributed by atoms with E-state index in [-0.39, 0.29) is 0 Å². The van der Waals surface area contributed by atoms with Crippen LogP contribution in [0.15, 0.2) is 66.0 Å². The molecule has 0 bridgehead atoms. The van der Waals surface area contributed by atoms with Crippen molar-refractivity contribution in [1.29, 1.82) is 0 Å². The van der Waals surface area contributed by atoms with E-state index >= 15 is 0 Å². The van der Waals surface area contributed by atoms with Crippen molar-refractivity contribution in [1.82, 2.24) is 0 Å². The van der Waals surface area contributed by atoms with E-state index in [1.165, 1.54) is 42.1 Å². The summed E-state index contributed by atoms with van der Waals surface area (Å²) < 4.78 is 2.43. The molecule has 0 atom stereocenters. The summed E-state index contributed by atoms with van der Waals surface area (Å²) in [4.78, 5) is 0. The number of benzene rings is 2. The highest BCUT2D eigenvalue weighted by molar-refractivity contribution is 7.13. The maximum absolute atomic E-state index is 3.59. The molecule has 124 valence electrons. The van der Waals surface area contributed by atoms with Gasteiger partial charge in [0.1, 0.15) is 11.4 Å². The fourth-order valence-electron chi connectivity index (χ4n) is 2.84. The minimum Gasteiger partial charge on any atom is -0.231 e. The summed E-state index contributed by atoms with van der Waals surface area (Å²) in [5.74, 6) is 0. The number of rotatable bonds is 8. The van der Waals surface area contributed by atoms with E-state index in [4.69, 9.17) is 0 Å². The van der Waals surface area contributed by atoms with E-state index < -0.39 is 0 Å². The Labute approximate surface area is 148 Å². The van der Waals surface area contributed by atoms with Crippen molar-refractivity contribution in [3.05, 3.63) is 66.0 Å². The van der Waals surface area contributed by atoms with Crippen LogP contribution in [0.3, 0.4) is 0 Å². The normalized spacial score (nSPS) is 10.7. The number of thiazole rings is 1. The van der Waals surface area contributed by atoms with Crippen molar-refractivity contribution in [3.63, 3.8) is 0 Å². The first kappa shape index (κ1) is 16.7. The minimum atomic E-state index is 1.06. The number of para-hydroxylation sites is 1. The Morgan fingerprint density at radius 2 is 1.58 bits per heavy atom. The Balaban J connectivity index is 1.86. The zero-order valence-electron chi connectivity index (χ0n) is 14.2. The Hall–Kier alpha value is -2.13. The molecule has 1 heterocycles. The second kappa shape index (κ2) is 8.65. The molecule has 0 unspecified atom stereocenters. The number of nitrogens with zero attached hydrogens (tertiary/aromatic N) is 1. The Bertz CT molecular complexity index is 735. The first-order chi connectivity index (χ1) is 11.9. The maximum Gasteiger partial charge on any atom is 0.339 e. The van der Waals surface area contributed by atoms with Gasteiger partial charge in [0, 0.05) is 10.9 Å². The summed E-state index contributed by atoms with van der Waals surface area (Å²) in [7, 11) is 0. The second-order valence-corrected chi connectivity index (χ2v) is 6.85. The van der Waals surface area contributed by atoms with Gasteiger partial charge in [0.25, 0.3) is 0 Å². The predicted octanol–water partition coefficient (Wildman–Crippen LogP) is 6.03. The third-order valence-electron chi connectivity index (χ3n) is 4.15. The molecule has 0 aliphatic heterocycles. The molecular weight excluding hydrogens is 312 g/mol. The second-order valence-electron chi connectivity index (χ2n) is 6.00. The molecule has 24 heavy (non-hydrogen) atoms. The van der Waals surface area contributed by atoms with Crippen molar-refractivity contribution >= 4 is 22.2 Å². The highest BCUT2D eigenvalue weighted by Crippen LogP contribution is 2.25. The van der Waals surface area contributed by atoms with Gasteiger partial charge in [-0.2, -0.15) is 0 Å². The smallest absolute Gasteiger partial charge is 0.231 e. The van der Waals surface area contributed by atoms with Crippen LogP contribution in [0.5, 0.6) is 0 Å². The first-order valence-corrected chi connectivity index (χ1v) is 9.65.